The lowest BCUT2D eigenvalue weighted by Crippen LogP contribution is -2.39. The van der Waals surface area contributed by atoms with E-state index in [2.05, 4.69) is 15.3 Å². The lowest BCUT2D eigenvalue weighted by molar-refractivity contribution is -0.134. The highest BCUT2D eigenvalue weighted by Gasteiger charge is 2.30. The number of carbonyl (C=O) groups excluding carboxylic acids is 2. The maximum atomic E-state index is 12.2. The van der Waals surface area contributed by atoms with E-state index >= 15 is 0 Å². The van der Waals surface area contributed by atoms with Crippen molar-refractivity contribution in [3.63, 3.8) is 0 Å². The average molecular weight is 409 g/mol. The molecule has 0 saturated carbocycles. The minimum atomic E-state index is -0.454. The summed E-state index contributed by atoms with van der Waals surface area (Å²) in [4.78, 5) is 43.5. The van der Waals surface area contributed by atoms with Crippen LogP contribution in [0.4, 0.5) is 0 Å². The van der Waals surface area contributed by atoms with Gasteiger partial charge in [0.2, 0.25) is 11.8 Å². The Kier molecular flexibility index (Phi) is 5.22. The molecule has 1 aliphatic rings. The number of aromatic nitrogens is 3. The van der Waals surface area contributed by atoms with Gasteiger partial charge in [-0.05, 0) is 24.1 Å². The molecule has 3 aromatic rings. The number of piperidine rings is 1. The van der Waals surface area contributed by atoms with Gasteiger partial charge in [-0.2, -0.15) is 0 Å². The number of halogens is 1. The van der Waals surface area contributed by atoms with E-state index < -0.39 is 5.92 Å². The second kappa shape index (κ2) is 7.97. The van der Waals surface area contributed by atoms with Gasteiger partial charge in [-0.25, -0.2) is 9.78 Å². The van der Waals surface area contributed by atoms with Crippen LogP contribution < -0.4 is 11.0 Å². The van der Waals surface area contributed by atoms with Crippen LogP contribution in [0.1, 0.15) is 30.0 Å². The Hall–Kier alpha value is -3.32. The van der Waals surface area contributed by atoms with Crippen molar-refractivity contribution in [2.45, 2.75) is 25.3 Å². The summed E-state index contributed by atoms with van der Waals surface area (Å²) in [7, 11) is 0. The summed E-state index contributed by atoms with van der Waals surface area (Å²) in [5.41, 5.74) is 2.62. The Morgan fingerprint density at radius 1 is 1.10 bits per heavy atom. The number of amides is 2. The third-order valence-corrected chi connectivity index (χ3v) is 5.32. The number of benzene rings is 1. The molecule has 2 amide bonds. The Balaban J connectivity index is 1.60. The fourth-order valence-corrected chi connectivity index (χ4v) is 3.76. The van der Waals surface area contributed by atoms with E-state index in [4.69, 9.17) is 11.6 Å². The van der Waals surface area contributed by atoms with Crippen LogP contribution in [-0.2, 0) is 16.1 Å². The monoisotopic (exact) mass is 408 g/mol. The van der Waals surface area contributed by atoms with E-state index in [1.807, 2.05) is 30.3 Å². The molecule has 0 aliphatic carbocycles. The van der Waals surface area contributed by atoms with Gasteiger partial charge in [0.15, 0.2) is 0 Å². The highest BCUT2D eigenvalue weighted by Crippen LogP contribution is 2.36. The zero-order valence-electron chi connectivity index (χ0n) is 15.3. The summed E-state index contributed by atoms with van der Waals surface area (Å²) in [6, 6.07) is 10.9. The third-order valence-electron chi connectivity index (χ3n) is 4.89. The Morgan fingerprint density at radius 3 is 2.69 bits per heavy atom. The summed E-state index contributed by atoms with van der Waals surface area (Å²) in [5.74, 6) is -1.04. The predicted octanol–water partition coefficient (Wildman–Crippen LogP) is 2.53. The molecular weight excluding hydrogens is 392 g/mol. The number of rotatable bonds is 4. The van der Waals surface area contributed by atoms with Gasteiger partial charge in [-0.3, -0.25) is 24.5 Å². The largest absolute Gasteiger partial charge is 0.347 e. The van der Waals surface area contributed by atoms with Crippen LogP contribution in [-0.4, -0.2) is 26.3 Å². The zero-order valence-corrected chi connectivity index (χ0v) is 16.1. The van der Waals surface area contributed by atoms with E-state index in [-0.39, 0.29) is 17.5 Å². The SMILES string of the molecule is O=C1CCC(c2cccc(-c3ccc(Cn4cccnc4=O)nc3)c2Cl)C(=O)N1. The molecule has 8 heteroatoms. The molecule has 2 aromatic heterocycles. The van der Waals surface area contributed by atoms with Gasteiger partial charge in [-0.1, -0.05) is 35.9 Å². The highest BCUT2D eigenvalue weighted by atomic mass is 35.5. The standard InChI is InChI=1S/C21H17ClN4O3/c22-19-15(3-1-4-16(19)17-7-8-18(27)25-20(17)28)13-5-6-14(24-11-13)12-26-10-2-9-23-21(26)29/h1-6,9-11,17H,7-8,12H2,(H,25,27,28). The van der Waals surface area contributed by atoms with Crippen molar-refractivity contribution >= 4 is 23.4 Å². The number of imide groups is 1. The minimum absolute atomic E-state index is 0.258. The Labute approximate surface area is 171 Å². The van der Waals surface area contributed by atoms with Crippen LogP contribution in [0.2, 0.25) is 5.02 Å². The van der Waals surface area contributed by atoms with Crippen LogP contribution >= 0.6 is 11.6 Å². The van der Waals surface area contributed by atoms with Gasteiger partial charge in [0, 0.05) is 36.1 Å². The number of carbonyl (C=O) groups is 2. The molecule has 1 saturated heterocycles. The summed E-state index contributed by atoms with van der Waals surface area (Å²) in [6.07, 6.45) is 5.52. The fourth-order valence-electron chi connectivity index (χ4n) is 3.39. The fraction of sp³-hybridized carbons (Fsp3) is 0.190. The molecule has 0 spiro atoms. The molecule has 4 rings (SSSR count). The lowest BCUT2D eigenvalue weighted by atomic mass is 9.88. The first kappa shape index (κ1) is 19.0. The minimum Gasteiger partial charge on any atom is -0.296 e. The van der Waals surface area contributed by atoms with E-state index in [0.717, 1.165) is 11.1 Å². The molecule has 1 fully saturated rings. The van der Waals surface area contributed by atoms with Crippen molar-refractivity contribution in [3.05, 3.63) is 81.8 Å². The Bertz CT molecular complexity index is 1140. The summed E-state index contributed by atoms with van der Waals surface area (Å²) < 4.78 is 1.47. The maximum absolute atomic E-state index is 12.2. The first-order valence-electron chi connectivity index (χ1n) is 9.12. The van der Waals surface area contributed by atoms with E-state index in [0.29, 0.717) is 35.7 Å². The number of nitrogens with zero attached hydrogens (tertiary/aromatic N) is 3. The van der Waals surface area contributed by atoms with Crippen LogP contribution in [0.15, 0.2) is 59.8 Å². The van der Waals surface area contributed by atoms with E-state index in [1.54, 1.807) is 18.5 Å². The van der Waals surface area contributed by atoms with E-state index in [1.165, 1.54) is 10.8 Å². The summed E-state index contributed by atoms with van der Waals surface area (Å²) >= 11 is 6.62. The molecule has 1 atom stereocenters. The van der Waals surface area contributed by atoms with Crippen molar-refractivity contribution in [1.82, 2.24) is 19.9 Å². The second-order valence-corrected chi connectivity index (χ2v) is 7.16. The van der Waals surface area contributed by atoms with Crippen LogP contribution in [0.5, 0.6) is 0 Å². The predicted molar refractivity (Wildman–Crippen MR) is 107 cm³/mol. The van der Waals surface area contributed by atoms with Crippen molar-refractivity contribution < 1.29 is 9.59 Å². The number of pyridine rings is 1. The third kappa shape index (κ3) is 3.95. The molecule has 7 nitrogen and oxygen atoms in total. The van der Waals surface area contributed by atoms with Crippen molar-refractivity contribution in [1.29, 1.82) is 0 Å². The molecular formula is C21H17ClN4O3. The van der Waals surface area contributed by atoms with Gasteiger partial charge >= 0.3 is 5.69 Å². The highest BCUT2D eigenvalue weighted by molar-refractivity contribution is 6.34. The Morgan fingerprint density at radius 2 is 1.97 bits per heavy atom. The van der Waals surface area contributed by atoms with Crippen LogP contribution in [0.3, 0.4) is 0 Å². The maximum Gasteiger partial charge on any atom is 0.347 e. The van der Waals surface area contributed by atoms with Crippen molar-refractivity contribution in [2.75, 3.05) is 0 Å². The molecule has 1 aliphatic heterocycles. The normalized spacial score (nSPS) is 16.5. The van der Waals surface area contributed by atoms with Crippen LogP contribution in [0, 0.1) is 0 Å². The molecule has 1 N–H and O–H groups in total. The molecule has 1 aromatic carbocycles. The van der Waals surface area contributed by atoms with Crippen molar-refractivity contribution in [2.24, 2.45) is 0 Å². The van der Waals surface area contributed by atoms with Gasteiger partial charge < -0.3 is 0 Å². The molecule has 29 heavy (non-hydrogen) atoms. The van der Waals surface area contributed by atoms with Gasteiger partial charge in [0.1, 0.15) is 0 Å². The van der Waals surface area contributed by atoms with Gasteiger partial charge in [0.05, 0.1) is 23.2 Å². The lowest BCUT2D eigenvalue weighted by Gasteiger charge is -2.23. The average Bonchev–Trinajstić information content (AvgIpc) is 2.71. The first-order valence-corrected chi connectivity index (χ1v) is 9.49. The van der Waals surface area contributed by atoms with Gasteiger partial charge in [0.25, 0.3) is 0 Å². The smallest absolute Gasteiger partial charge is 0.296 e. The van der Waals surface area contributed by atoms with Gasteiger partial charge in [-0.15, -0.1) is 0 Å². The number of nitrogens with one attached hydrogen (secondary N) is 1. The quantitative estimate of drug-likeness (QED) is 0.669. The van der Waals surface area contributed by atoms with E-state index in [9.17, 15) is 14.4 Å². The molecule has 3 heterocycles. The van der Waals surface area contributed by atoms with Crippen molar-refractivity contribution in [3.8, 4) is 11.1 Å². The molecule has 146 valence electrons. The molecule has 0 radical (unpaired) electrons. The second-order valence-electron chi connectivity index (χ2n) is 6.78. The van der Waals surface area contributed by atoms with Crippen LogP contribution in [0.25, 0.3) is 11.1 Å². The first-order chi connectivity index (χ1) is 14.0. The summed E-state index contributed by atoms with van der Waals surface area (Å²) in [5, 5.41) is 2.84. The molecule has 0 bridgehead atoms. The number of hydrogen-bond donors (Lipinski definition) is 1. The zero-order chi connectivity index (χ0) is 20.4. The molecule has 1 unspecified atom stereocenters. The summed E-state index contributed by atoms with van der Waals surface area (Å²) in [6.45, 7) is 0.316. The topological polar surface area (TPSA) is 93.9 Å². The number of hydrogen-bond acceptors (Lipinski definition) is 5.